The number of unbranched alkanes of at least 4 members (excludes halogenated alkanes) is 1. The Hall–Kier alpha value is -1.82. The van der Waals surface area contributed by atoms with E-state index >= 15 is 0 Å². The summed E-state index contributed by atoms with van der Waals surface area (Å²) >= 11 is 7.32. The maximum atomic E-state index is 3.73. The third-order valence-electron chi connectivity index (χ3n) is 6.54. The molecule has 160 valence electrons. The molecule has 0 spiro atoms. The van der Waals surface area contributed by atoms with Crippen molar-refractivity contribution in [3.05, 3.63) is 57.0 Å². The summed E-state index contributed by atoms with van der Waals surface area (Å²) in [6, 6.07) is 15.4. The van der Waals surface area contributed by atoms with Gasteiger partial charge in [-0.2, -0.15) is 0 Å². The number of fused-ring (bicyclic) bond motifs is 6. The molecule has 31 heavy (non-hydrogen) atoms. The number of benzene rings is 3. The average Bonchev–Trinajstić information content (AvgIpc) is 3.31. The molecule has 0 atom stereocenters. The molecule has 0 saturated carbocycles. The quantitative estimate of drug-likeness (QED) is 0.201. The minimum Gasteiger partial charge on any atom is -0.354 e. The Balaban J connectivity index is 1.67. The van der Waals surface area contributed by atoms with Crippen LogP contribution < -0.4 is 0 Å². The molecule has 0 bridgehead atoms. The predicted molar refractivity (Wildman–Crippen MR) is 141 cm³/mol. The number of aryl methyl sites for hydroxylation is 1. The van der Waals surface area contributed by atoms with Crippen LogP contribution in [0.3, 0.4) is 0 Å². The van der Waals surface area contributed by atoms with Crippen LogP contribution in [-0.2, 0) is 6.42 Å². The molecular formula is C26H27Br2N3. The first-order valence-electron chi connectivity index (χ1n) is 11.1. The first kappa shape index (κ1) is 21.0. The number of halogens is 2. The summed E-state index contributed by atoms with van der Waals surface area (Å²) in [6.07, 6.45) is 3.47. The van der Waals surface area contributed by atoms with Crippen LogP contribution in [0.2, 0.25) is 0 Å². The number of aromatic nitrogens is 2. The predicted octanol–water partition coefficient (Wildman–Crippen LogP) is 8.15. The van der Waals surface area contributed by atoms with E-state index in [1.54, 1.807) is 0 Å². The monoisotopic (exact) mass is 539 g/mol. The van der Waals surface area contributed by atoms with Gasteiger partial charge in [0.15, 0.2) is 0 Å². The summed E-state index contributed by atoms with van der Waals surface area (Å²) in [5, 5.41) is 5.17. The lowest BCUT2D eigenvalue weighted by atomic mass is 9.99. The van der Waals surface area contributed by atoms with Crippen LogP contribution in [0.25, 0.3) is 43.6 Å². The van der Waals surface area contributed by atoms with Crippen molar-refractivity contribution >= 4 is 75.5 Å². The zero-order chi connectivity index (χ0) is 21.5. The Morgan fingerprint density at radius 1 is 0.710 bits per heavy atom. The zero-order valence-electron chi connectivity index (χ0n) is 18.0. The van der Waals surface area contributed by atoms with Gasteiger partial charge < -0.3 is 14.9 Å². The lowest BCUT2D eigenvalue weighted by molar-refractivity contribution is 0.297. The number of hydrogen-bond acceptors (Lipinski definition) is 1. The van der Waals surface area contributed by atoms with Crippen molar-refractivity contribution in [2.75, 3.05) is 19.6 Å². The minimum absolute atomic E-state index is 1.07. The Kier molecular flexibility index (Phi) is 5.84. The molecule has 0 radical (unpaired) electrons. The highest BCUT2D eigenvalue weighted by molar-refractivity contribution is 9.10. The van der Waals surface area contributed by atoms with Gasteiger partial charge in [0.25, 0.3) is 0 Å². The molecule has 0 aliphatic rings. The van der Waals surface area contributed by atoms with Crippen LogP contribution in [0.4, 0.5) is 0 Å². The van der Waals surface area contributed by atoms with E-state index in [-0.39, 0.29) is 0 Å². The smallest absolute Gasteiger partial charge is 0.0518 e. The van der Waals surface area contributed by atoms with Gasteiger partial charge >= 0.3 is 0 Å². The van der Waals surface area contributed by atoms with E-state index in [0.717, 1.165) is 28.5 Å². The number of nitrogens with one attached hydrogen (secondary N) is 2. The highest BCUT2D eigenvalue weighted by Gasteiger charge is 2.16. The molecule has 0 aliphatic carbocycles. The van der Waals surface area contributed by atoms with Gasteiger partial charge in [0.2, 0.25) is 0 Å². The SMILES string of the molecule is CCN(CC)CCCCc1c2[nH]c3ccc(Br)cc3c2cc2c1[nH]c1ccc(Br)cc12. The van der Waals surface area contributed by atoms with Crippen molar-refractivity contribution in [3.63, 3.8) is 0 Å². The zero-order valence-corrected chi connectivity index (χ0v) is 21.2. The maximum absolute atomic E-state index is 3.73. The molecule has 5 rings (SSSR count). The average molecular weight is 541 g/mol. The number of H-pyrrole nitrogens is 2. The van der Waals surface area contributed by atoms with Crippen LogP contribution in [0.1, 0.15) is 32.3 Å². The van der Waals surface area contributed by atoms with Gasteiger partial charge in [0, 0.05) is 47.1 Å². The summed E-state index contributed by atoms with van der Waals surface area (Å²) in [4.78, 5) is 9.98. The molecule has 2 N–H and O–H groups in total. The Morgan fingerprint density at radius 2 is 1.26 bits per heavy atom. The fraction of sp³-hybridized carbons (Fsp3) is 0.308. The molecule has 2 aromatic heterocycles. The van der Waals surface area contributed by atoms with Crippen LogP contribution in [-0.4, -0.2) is 34.5 Å². The maximum Gasteiger partial charge on any atom is 0.0518 e. The molecule has 3 aromatic carbocycles. The minimum atomic E-state index is 1.07. The second-order valence-corrected chi connectivity index (χ2v) is 10.1. The fourth-order valence-electron chi connectivity index (χ4n) is 4.84. The second-order valence-electron chi connectivity index (χ2n) is 8.31. The van der Waals surface area contributed by atoms with Crippen molar-refractivity contribution in [2.24, 2.45) is 0 Å². The van der Waals surface area contributed by atoms with Gasteiger partial charge in [-0.25, -0.2) is 0 Å². The standard InChI is InChI=1S/C26H27Br2N3/c1-3-31(4-2)12-6-5-7-18-25-21(19-13-16(27)8-10-23(19)29-25)15-22-20-14-17(28)9-11-24(20)30-26(18)22/h8-11,13-15,29-30H,3-7,12H2,1-2H3. The van der Waals surface area contributed by atoms with Crippen molar-refractivity contribution in [1.29, 1.82) is 0 Å². The molecule has 0 saturated heterocycles. The molecule has 0 amide bonds. The van der Waals surface area contributed by atoms with E-state index in [2.05, 4.69) is 103 Å². The van der Waals surface area contributed by atoms with Crippen molar-refractivity contribution in [2.45, 2.75) is 33.1 Å². The van der Waals surface area contributed by atoms with Crippen LogP contribution in [0.5, 0.6) is 0 Å². The number of hydrogen-bond donors (Lipinski definition) is 2. The molecule has 3 nitrogen and oxygen atoms in total. The summed E-state index contributed by atoms with van der Waals surface area (Å²) in [7, 11) is 0. The number of aromatic amines is 2. The van der Waals surface area contributed by atoms with E-state index in [0.29, 0.717) is 0 Å². The summed E-state index contributed by atoms with van der Waals surface area (Å²) < 4.78 is 2.23. The lowest BCUT2D eigenvalue weighted by Gasteiger charge is -2.17. The first-order valence-corrected chi connectivity index (χ1v) is 12.7. The molecule has 0 aliphatic heterocycles. The molecule has 0 fully saturated rings. The fourth-order valence-corrected chi connectivity index (χ4v) is 5.56. The Bertz CT molecular complexity index is 1300. The highest BCUT2D eigenvalue weighted by Crippen LogP contribution is 2.38. The van der Waals surface area contributed by atoms with Crippen LogP contribution in [0, 0.1) is 0 Å². The number of nitrogens with zero attached hydrogens (tertiary/aromatic N) is 1. The van der Waals surface area contributed by atoms with Gasteiger partial charge in [-0.3, -0.25) is 0 Å². The second kappa shape index (κ2) is 8.61. The molecule has 5 aromatic rings. The van der Waals surface area contributed by atoms with E-state index in [9.17, 15) is 0 Å². The molecular weight excluding hydrogens is 514 g/mol. The van der Waals surface area contributed by atoms with E-state index in [1.165, 1.54) is 68.6 Å². The summed E-state index contributed by atoms with van der Waals surface area (Å²) in [5.74, 6) is 0. The van der Waals surface area contributed by atoms with Gasteiger partial charge in [0.05, 0.1) is 11.0 Å². The van der Waals surface area contributed by atoms with Crippen molar-refractivity contribution in [1.82, 2.24) is 14.9 Å². The third-order valence-corrected chi connectivity index (χ3v) is 7.53. The Morgan fingerprint density at radius 3 is 1.77 bits per heavy atom. The van der Waals surface area contributed by atoms with Gasteiger partial charge in [0.1, 0.15) is 0 Å². The van der Waals surface area contributed by atoms with E-state index in [1.807, 2.05) is 0 Å². The van der Waals surface area contributed by atoms with Crippen molar-refractivity contribution < 1.29 is 0 Å². The number of rotatable bonds is 7. The highest BCUT2D eigenvalue weighted by atomic mass is 79.9. The Labute approximate surface area is 199 Å². The largest absolute Gasteiger partial charge is 0.354 e. The topological polar surface area (TPSA) is 34.8 Å². The van der Waals surface area contributed by atoms with Gasteiger partial charge in [-0.1, -0.05) is 45.7 Å². The first-order chi connectivity index (χ1) is 15.1. The van der Waals surface area contributed by atoms with E-state index < -0.39 is 0 Å². The van der Waals surface area contributed by atoms with Gasteiger partial charge in [-0.15, -0.1) is 0 Å². The summed E-state index contributed by atoms with van der Waals surface area (Å²) in [6.45, 7) is 7.93. The van der Waals surface area contributed by atoms with E-state index in [4.69, 9.17) is 0 Å². The van der Waals surface area contributed by atoms with Crippen LogP contribution in [0.15, 0.2) is 51.4 Å². The third kappa shape index (κ3) is 3.81. The van der Waals surface area contributed by atoms with Crippen LogP contribution >= 0.6 is 31.9 Å². The lowest BCUT2D eigenvalue weighted by Crippen LogP contribution is -2.23. The molecule has 0 unspecified atom stereocenters. The molecule has 5 heteroatoms. The normalized spacial score (nSPS) is 12.3. The van der Waals surface area contributed by atoms with Crippen molar-refractivity contribution in [3.8, 4) is 0 Å². The summed E-state index contributed by atoms with van der Waals surface area (Å²) in [5.41, 5.74) is 6.34. The van der Waals surface area contributed by atoms with Gasteiger partial charge in [-0.05, 0) is 81.4 Å². The molecule has 2 heterocycles.